The molecule has 0 saturated carbocycles. The second kappa shape index (κ2) is 7.27. The number of nitrogens with one attached hydrogen (secondary N) is 1. The molecule has 0 saturated heterocycles. The van der Waals surface area contributed by atoms with Crippen molar-refractivity contribution in [1.29, 1.82) is 0 Å². The minimum atomic E-state index is -4.94. The van der Waals surface area contributed by atoms with Crippen LogP contribution in [0.5, 0.6) is 0 Å². The molecule has 3 aromatic rings. The molecule has 1 N–H and O–H groups in total. The predicted octanol–water partition coefficient (Wildman–Crippen LogP) is 4.32. The number of para-hydroxylation sites is 1. The van der Waals surface area contributed by atoms with Gasteiger partial charge in [0.2, 0.25) is 11.6 Å². The largest absolute Gasteiger partial charge is 0.438 e. The number of alkyl halides is 3. The van der Waals surface area contributed by atoms with E-state index < -0.39 is 29.9 Å². The zero-order valence-electron chi connectivity index (χ0n) is 14.9. The van der Waals surface area contributed by atoms with E-state index in [0.717, 1.165) is 15.7 Å². The standard InChI is InChI=1S/C19H15ClF3N3O2/c1-10-7-14-15(8-11(10)2)26(18(28)17(25-14)19(21,22)23)9-16(27)24-13-6-4-3-5-12(13)20/h3-8H,9H2,1-2H3,(H,24,27). The third kappa shape index (κ3) is 3.87. The van der Waals surface area contributed by atoms with Crippen LogP contribution in [-0.2, 0) is 17.5 Å². The molecule has 0 fully saturated rings. The normalized spacial score (nSPS) is 11.6. The Kier molecular flexibility index (Phi) is 5.16. The summed E-state index contributed by atoms with van der Waals surface area (Å²) in [6.07, 6.45) is -4.94. The van der Waals surface area contributed by atoms with Gasteiger partial charge in [0.1, 0.15) is 6.54 Å². The molecule has 9 heteroatoms. The van der Waals surface area contributed by atoms with Gasteiger partial charge in [-0.2, -0.15) is 13.2 Å². The molecule has 3 rings (SSSR count). The number of hydrogen-bond acceptors (Lipinski definition) is 3. The van der Waals surface area contributed by atoms with Gasteiger partial charge in [0, 0.05) is 0 Å². The van der Waals surface area contributed by atoms with Crippen molar-refractivity contribution in [2.45, 2.75) is 26.6 Å². The van der Waals surface area contributed by atoms with Crippen molar-refractivity contribution in [2.75, 3.05) is 5.32 Å². The summed E-state index contributed by atoms with van der Waals surface area (Å²) in [4.78, 5) is 28.4. The number of nitrogens with zero attached hydrogens (tertiary/aromatic N) is 2. The average molecular weight is 410 g/mol. The number of benzene rings is 2. The van der Waals surface area contributed by atoms with Gasteiger partial charge in [-0.05, 0) is 49.2 Å². The van der Waals surface area contributed by atoms with Crippen molar-refractivity contribution in [1.82, 2.24) is 9.55 Å². The molecule has 0 aliphatic rings. The van der Waals surface area contributed by atoms with Gasteiger partial charge in [0.25, 0.3) is 5.56 Å². The molecular formula is C19H15ClF3N3O2. The second-order valence-corrected chi connectivity index (χ2v) is 6.71. The maximum Gasteiger partial charge on any atom is 0.438 e. The third-order valence-corrected chi connectivity index (χ3v) is 4.61. The van der Waals surface area contributed by atoms with Crippen LogP contribution in [0.4, 0.5) is 18.9 Å². The minimum Gasteiger partial charge on any atom is -0.323 e. The zero-order chi connectivity index (χ0) is 20.6. The second-order valence-electron chi connectivity index (χ2n) is 6.30. The molecule has 0 radical (unpaired) electrons. The van der Waals surface area contributed by atoms with Crippen molar-refractivity contribution in [2.24, 2.45) is 0 Å². The van der Waals surface area contributed by atoms with E-state index in [-0.39, 0.29) is 16.1 Å². The predicted molar refractivity (Wildman–Crippen MR) is 101 cm³/mol. The first-order valence-corrected chi connectivity index (χ1v) is 8.59. The SMILES string of the molecule is Cc1cc2nc(C(F)(F)F)c(=O)n(CC(=O)Nc3ccccc3Cl)c2cc1C. The van der Waals surface area contributed by atoms with Gasteiger partial charge >= 0.3 is 6.18 Å². The van der Waals surface area contributed by atoms with E-state index in [9.17, 15) is 22.8 Å². The van der Waals surface area contributed by atoms with Crippen LogP contribution in [-0.4, -0.2) is 15.5 Å². The molecular weight excluding hydrogens is 395 g/mol. The van der Waals surface area contributed by atoms with Gasteiger partial charge in [-0.25, -0.2) is 4.98 Å². The zero-order valence-corrected chi connectivity index (χ0v) is 15.6. The Hall–Kier alpha value is -2.87. The number of aromatic nitrogens is 2. The van der Waals surface area contributed by atoms with Gasteiger partial charge in [-0.1, -0.05) is 23.7 Å². The number of amides is 1. The third-order valence-electron chi connectivity index (χ3n) is 4.28. The summed E-state index contributed by atoms with van der Waals surface area (Å²) < 4.78 is 40.6. The Bertz CT molecular complexity index is 1140. The van der Waals surface area contributed by atoms with Gasteiger partial charge in [-0.15, -0.1) is 0 Å². The Balaban J connectivity index is 2.11. The highest BCUT2D eigenvalue weighted by Gasteiger charge is 2.37. The van der Waals surface area contributed by atoms with Crippen LogP contribution in [0.2, 0.25) is 5.02 Å². The fourth-order valence-corrected chi connectivity index (χ4v) is 2.92. The molecule has 5 nitrogen and oxygen atoms in total. The van der Waals surface area contributed by atoms with E-state index in [1.54, 1.807) is 44.2 Å². The summed E-state index contributed by atoms with van der Waals surface area (Å²) in [6, 6.07) is 9.41. The molecule has 146 valence electrons. The highest BCUT2D eigenvalue weighted by Crippen LogP contribution is 2.27. The van der Waals surface area contributed by atoms with Gasteiger partial charge in [0.05, 0.1) is 21.7 Å². The van der Waals surface area contributed by atoms with E-state index in [0.29, 0.717) is 5.69 Å². The molecule has 1 heterocycles. The molecule has 0 unspecified atom stereocenters. The summed E-state index contributed by atoms with van der Waals surface area (Å²) >= 11 is 5.98. The molecule has 28 heavy (non-hydrogen) atoms. The van der Waals surface area contributed by atoms with E-state index in [1.165, 1.54) is 6.07 Å². The Morgan fingerprint density at radius 2 is 1.82 bits per heavy atom. The van der Waals surface area contributed by atoms with Crippen LogP contribution >= 0.6 is 11.6 Å². The average Bonchev–Trinajstić information content (AvgIpc) is 2.60. The lowest BCUT2D eigenvalue weighted by Gasteiger charge is -2.15. The first kappa shape index (κ1) is 19.9. The van der Waals surface area contributed by atoms with E-state index in [1.807, 2.05) is 0 Å². The molecule has 1 aromatic heterocycles. The number of hydrogen-bond donors (Lipinski definition) is 1. The number of fused-ring (bicyclic) bond motifs is 1. The Morgan fingerprint density at radius 1 is 1.18 bits per heavy atom. The quantitative estimate of drug-likeness (QED) is 0.700. The number of halogens is 4. The first-order chi connectivity index (χ1) is 13.1. The smallest absolute Gasteiger partial charge is 0.323 e. The topological polar surface area (TPSA) is 64.0 Å². The van der Waals surface area contributed by atoms with Crippen LogP contribution in [0.1, 0.15) is 16.8 Å². The maximum absolute atomic E-state index is 13.3. The molecule has 0 atom stereocenters. The number of carbonyl (C=O) groups is 1. The van der Waals surface area contributed by atoms with Gasteiger partial charge < -0.3 is 5.32 Å². The summed E-state index contributed by atoms with van der Waals surface area (Å²) in [5, 5.41) is 2.77. The Morgan fingerprint density at radius 3 is 2.46 bits per heavy atom. The minimum absolute atomic E-state index is 0.0134. The maximum atomic E-state index is 13.3. The number of anilines is 1. The van der Waals surface area contributed by atoms with Crippen molar-refractivity contribution < 1.29 is 18.0 Å². The van der Waals surface area contributed by atoms with Crippen molar-refractivity contribution in [3.05, 3.63) is 68.6 Å². The van der Waals surface area contributed by atoms with Crippen LogP contribution in [0.3, 0.4) is 0 Å². The van der Waals surface area contributed by atoms with Crippen LogP contribution < -0.4 is 10.9 Å². The fourth-order valence-electron chi connectivity index (χ4n) is 2.73. The van der Waals surface area contributed by atoms with E-state index in [4.69, 9.17) is 11.6 Å². The molecule has 0 spiro atoms. The van der Waals surface area contributed by atoms with Crippen LogP contribution in [0.15, 0.2) is 41.2 Å². The Labute approximate surface area is 162 Å². The van der Waals surface area contributed by atoms with Crippen molar-refractivity contribution in [3.8, 4) is 0 Å². The molecule has 2 aromatic carbocycles. The summed E-state index contributed by atoms with van der Waals surface area (Å²) in [5.41, 5.74) is -1.03. The highest BCUT2D eigenvalue weighted by molar-refractivity contribution is 6.33. The van der Waals surface area contributed by atoms with Crippen molar-refractivity contribution in [3.63, 3.8) is 0 Å². The summed E-state index contributed by atoms with van der Waals surface area (Å²) in [5.74, 6) is -0.686. The van der Waals surface area contributed by atoms with Gasteiger partial charge in [0.15, 0.2) is 0 Å². The number of aryl methyl sites for hydroxylation is 2. The van der Waals surface area contributed by atoms with Crippen LogP contribution in [0, 0.1) is 13.8 Å². The lowest BCUT2D eigenvalue weighted by Crippen LogP contribution is -2.34. The summed E-state index contributed by atoms with van der Waals surface area (Å²) in [6.45, 7) is 2.86. The van der Waals surface area contributed by atoms with Crippen LogP contribution in [0.25, 0.3) is 11.0 Å². The van der Waals surface area contributed by atoms with Crippen molar-refractivity contribution >= 4 is 34.2 Å². The highest BCUT2D eigenvalue weighted by atomic mass is 35.5. The molecule has 1 amide bonds. The fraction of sp³-hybridized carbons (Fsp3) is 0.211. The lowest BCUT2D eigenvalue weighted by atomic mass is 10.1. The molecule has 0 aliphatic carbocycles. The number of carbonyl (C=O) groups excluding carboxylic acids is 1. The van der Waals surface area contributed by atoms with Gasteiger partial charge in [-0.3, -0.25) is 14.2 Å². The number of rotatable bonds is 3. The molecule has 0 bridgehead atoms. The van der Waals surface area contributed by atoms with E-state index in [2.05, 4.69) is 10.3 Å². The molecule has 0 aliphatic heterocycles. The lowest BCUT2D eigenvalue weighted by molar-refractivity contribution is -0.142. The van der Waals surface area contributed by atoms with E-state index >= 15 is 0 Å². The monoisotopic (exact) mass is 409 g/mol. The summed E-state index contributed by atoms with van der Waals surface area (Å²) in [7, 11) is 0. The first-order valence-electron chi connectivity index (χ1n) is 8.21.